The van der Waals surface area contributed by atoms with Gasteiger partial charge in [0.15, 0.2) is 0 Å². The van der Waals surface area contributed by atoms with Crippen LogP contribution in [0.15, 0.2) is 11.0 Å². The zero-order valence-electron chi connectivity index (χ0n) is 16.2. The largest absolute Gasteiger partial charge is 0.241 e. The highest BCUT2D eigenvalue weighted by atomic mass is 32.2. The van der Waals surface area contributed by atoms with Gasteiger partial charge in [-0.15, -0.1) is 0 Å². The maximum atomic E-state index is 12.7. The van der Waals surface area contributed by atoms with Gasteiger partial charge in [-0.1, -0.05) is 57.9 Å². The quantitative estimate of drug-likeness (QED) is 0.546. The summed E-state index contributed by atoms with van der Waals surface area (Å²) < 4.78 is 28.1. The minimum atomic E-state index is -3.42. The van der Waals surface area contributed by atoms with E-state index < -0.39 is 10.0 Å². The fraction of sp³-hybridized carbons (Fsp3) is 0.700. The number of aryl methyl sites for hydroxylation is 2. The Balaban J connectivity index is 2.48. The molecule has 0 heterocycles. The molecule has 0 aromatic heterocycles. The van der Waals surface area contributed by atoms with E-state index in [1.165, 1.54) is 38.5 Å². The fourth-order valence-corrected chi connectivity index (χ4v) is 4.81. The molecule has 3 nitrogen and oxygen atoms in total. The van der Waals surface area contributed by atoms with Crippen LogP contribution in [0.5, 0.6) is 0 Å². The first-order chi connectivity index (χ1) is 11.3. The maximum Gasteiger partial charge on any atom is 0.241 e. The molecule has 0 amide bonds. The summed E-state index contributed by atoms with van der Waals surface area (Å²) in [5.41, 5.74) is 3.79. The van der Waals surface area contributed by atoms with E-state index in [9.17, 15) is 8.42 Å². The summed E-state index contributed by atoms with van der Waals surface area (Å²) in [6, 6.07) is 2.06. The van der Waals surface area contributed by atoms with E-state index in [0.29, 0.717) is 11.4 Å². The van der Waals surface area contributed by atoms with Crippen molar-refractivity contribution >= 4 is 10.0 Å². The first-order valence-corrected chi connectivity index (χ1v) is 10.9. The van der Waals surface area contributed by atoms with Crippen molar-refractivity contribution in [3.63, 3.8) is 0 Å². The van der Waals surface area contributed by atoms with Crippen molar-refractivity contribution < 1.29 is 8.42 Å². The minimum Gasteiger partial charge on any atom is -0.211 e. The lowest BCUT2D eigenvalue weighted by atomic mass is 10.0. The molecule has 1 rings (SSSR count). The van der Waals surface area contributed by atoms with Gasteiger partial charge in [-0.3, -0.25) is 0 Å². The van der Waals surface area contributed by atoms with Crippen LogP contribution >= 0.6 is 0 Å². The fourth-order valence-electron chi connectivity index (χ4n) is 3.12. The second kappa shape index (κ2) is 10.2. The molecule has 0 aliphatic carbocycles. The molecule has 0 aliphatic rings. The average Bonchev–Trinajstić information content (AvgIpc) is 2.51. The number of rotatable bonds is 11. The van der Waals surface area contributed by atoms with Crippen LogP contribution in [0.3, 0.4) is 0 Å². The van der Waals surface area contributed by atoms with Gasteiger partial charge in [0, 0.05) is 6.54 Å². The van der Waals surface area contributed by atoms with Crippen LogP contribution in [0.25, 0.3) is 0 Å². The SMILES string of the molecule is CCCCCCCCCCNS(=O)(=O)c1c(C)c(C)cc(C)c1C. The molecule has 138 valence electrons. The van der Waals surface area contributed by atoms with Gasteiger partial charge in [0.25, 0.3) is 0 Å². The molecule has 1 aromatic carbocycles. The van der Waals surface area contributed by atoms with Crippen LogP contribution in [-0.2, 0) is 10.0 Å². The van der Waals surface area contributed by atoms with E-state index in [0.717, 1.165) is 35.1 Å². The Morgan fingerprint density at radius 1 is 0.792 bits per heavy atom. The molecule has 0 aliphatic heterocycles. The monoisotopic (exact) mass is 353 g/mol. The number of nitrogens with one attached hydrogen (secondary N) is 1. The third kappa shape index (κ3) is 6.21. The molecule has 0 spiro atoms. The molecule has 0 saturated heterocycles. The molecular formula is C20H35NO2S. The second-order valence-electron chi connectivity index (χ2n) is 6.96. The Morgan fingerprint density at radius 3 is 1.75 bits per heavy atom. The van der Waals surface area contributed by atoms with Gasteiger partial charge in [0.1, 0.15) is 0 Å². The molecule has 0 radical (unpaired) electrons. The highest BCUT2D eigenvalue weighted by Gasteiger charge is 2.21. The Morgan fingerprint density at radius 2 is 1.25 bits per heavy atom. The molecule has 0 atom stereocenters. The molecule has 1 aromatic rings. The molecule has 0 saturated carbocycles. The van der Waals surface area contributed by atoms with Crippen LogP contribution < -0.4 is 4.72 Å². The summed E-state index contributed by atoms with van der Waals surface area (Å²) in [4.78, 5) is 0.472. The summed E-state index contributed by atoms with van der Waals surface area (Å²) in [5, 5.41) is 0. The van der Waals surface area contributed by atoms with Gasteiger partial charge >= 0.3 is 0 Å². The molecular weight excluding hydrogens is 318 g/mol. The summed E-state index contributed by atoms with van der Waals surface area (Å²) in [6.45, 7) is 10.5. The number of hydrogen-bond acceptors (Lipinski definition) is 2. The predicted molar refractivity (Wildman–Crippen MR) is 103 cm³/mol. The molecule has 1 N–H and O–H groups in total. The van der Waals surface area contributed by atoms with Gasteiger partial charge in [-0.2, -0.15) is 0 Å². The smallest absolute Gasteiger partial charge is 0.211 e. The van der Waals surface area contributed by atoms with Crippen molar-refractivity contribution in [2.45, 2.75) is 90.9 Å². The lowest BCUT2D eigenvalue weighted by Crippen LogP contribution is -2.26. The van der Waals surface area contributed by atoms with Crippen LogP contribution in [0.1, 0.15) is 80.5 Å². The number of benzene rings is 1. The van der Waals surface area contributed by atoms with Crippen molar-refractivity contribution in [3.05, 3.63) is 28.3 Å². The van der Waals surface area contributed by atoms with E-state index in [1.807, 2.05) is 27.7 Å². The zero-order valence-corrected chi connectivity index (χ0v) is 17.0. The Bertz CT molecular complexity index is 595. The standard InChI is InChI=1S/C20H35NO2S/c1-6-7-8-9-10-11-12-13-14-21-24(22,23)20-18(4)16(2)15-17(3)19(20)5/h15,21H,6-14H2,1-5H3. The summed E-state index contributed by atoms with van der Waals surface area (Å²) in [6.07, 6.45) is 9.72. The minimum absolute atomic E-state index is 0.472. The first kappa shape index (κ1) is 21.2. The Hall–Kier alpha value is -0.870. The van der Waals surface area contributed by atoms with Crippen molar-refractivity contribution in [3.8, 4) is 0 Å². The predicted octanol–water partition coefficient (Wildman–Crippen LogP) is 5.34. The highest BCUT2D eigenvalue weighted by Crippen LogP contribution is 2.25. The third-order valence-corrected chi connectivity index (χ3v) is 6.62. The Labute approximate surface area is 149 Å². The van der Waals surface area contributed by atoms with Gasteiger partial charge in [0.2, 0.25) is 10.0 Å². The van der Waals surface area contributed by atoms with E-state index in [2.05, 4.69) is 17.7 Å². The normalized spacial score (nSPS) is 11.9. The van der Waals surface area contributed by atoms with Gasteiger partial charge in [0.05, 0.1) is 4.90 Å². The van der Waals surface area contributed by atoms with Crippen LogP contribution in [0.2, 0.25) is 0 Å². The van der Waals surface area contributed by atoms with Crippen molar-refractivity contribution in [1.29, 1.82) is 0 Å². The first-order valence-electron chi connectivity index (χ1n) is 9.38. The van der Waals surface area contributed by atoms with Crippen LogP contribution in [-0.4, -0.2) is 15.0 Å². The van der Waals surface area contributed by atoms with Crippen LogP contribution in [0, 0.1) is 27.7 Å². The van der Waals surface area contributed by atoms with E-state index in [1.54, 1.807) is 0 Å². The van der Waals surface area contributed by atoms with Gasteiger partial charge in [-0.05, 0) is 56.4 Å². The zero-order chi connectivity index (χ0) is 18.2. The van der Waals surface area contributed by atoms with E-state index in [-0.39, 0.29) is 0 Å². The second-order valence-corrected chi connectivity index (χ2v) is 8.67. The van der Waals surface area contributed by atoms with Crippen molar-refractivity contribution in [2.75, 3.05) is 6.54 Å². The van der Waals surface area contributed by atoms with E-state index >= 15 is 0 Å². The lowest BCUT2D eigenvalue weighted by molar-refractivity contribution is 0.558. The highest BCUT2D eigenvalue weighted by molar-refractivity contribution is 7.89. The van der Waals surface area contributed by atoms with Crippen molar-refractivity contribution in [2.24, 2.45) is 0 Å². The van der Waals surface area contributed by atoms with E-state index in [4.69, 9.17) is 0 Å². The Kier molecular flexibility index (Phi) is 8.99. The molecule has 4 heteroatoms. The van der Waals surface area contributed by atoms with Crippen molar-refractivity contribution in [1.82, 2.24) is 4.72 Å². The van der Waals surface area contributed by atoms with Gasteiger partial charge in [-0.25, -0.2) is 13.1 Å². The van der Waals surface area contributed by atoms with Gasteiger partial charge < -0.3 is 0 Å². The number of sulfonamides is 1. The summed E-state index contributed by atoms with van der Waals surface area (Å²) in [5.74, 6) is 0. The lowest BCUT2D eigenvalue weighted by Gasteiger charge is -2.16. The topological polar surface area (TPSA) is 46.2 Å². The summed E-state index contributed by atoms with van der Waals surface area (Å²) >= 11 is 0. The molecule has 0 fully saturated rings. The number of unbranched alkanes of at least 4 members (excludes halogenated alkanes) is 7. The average molecular weight is 354 g/mol. The molecule has 24 heavy (non-hydrogen) atoms. The van der Waals surface area contributed by atoms with Crippen LogP contribution in [0.4, 0.5) is 0 Å². The molecule has 0 unspecified atom stereocenters. The number of hydrogen-bond donors (Lipinski definition) is 1. The summed E-state index contributed by atoms with van der Waals surface area (Å²) in [7, 11) is -3.42. The molecule has 0 bridgehead atoms. The third-order valence-electron chi connectivity index (χ3n) is 4.89. The maximum absolute atomic E-state index is 12.7.